The molecule has 0 unspecified atom stereocenters. The summed E-state index contributed by atoms with van der Waals surface area (Å²) in [7, 11) is 0. The molecule has 0 aliphatic heterocycles. The van der Waals surface area contributed by atoms with Crippen molar-refractivity contribution in [1.82, 2.24) is 5.32 Å². The van der Waals surface area contributed by atoms with Crippen molar-refractivity contribution in [3.05, 3.63) is 46.1 Å². The van der Waals surface area contributed by atoms with E-state index in [0.29, 0.717) is 23.0 Å². The first-order valence-corrected chi connectivity index (χ1v) is 6.54. The normalized spacial score (nSPS) is 14.9. The molecule has 0 heterocycles. The molecule has 1 aliphatic carbocycles. The third kappa shape index (κ3) is 2.15. The van der Waals surface area contributed by atoms with Gasteiger partial charge >= 0.3 is 0 Å². The van der Waals surface area contributed by atoms with Crippen LogP contribution in [0.2, 0.25) is 0 Å². The molecule has 0 radical (unpaired) electrons. The van der Waals surface area contributed by atoms with E-state index in [0.717, 1.165) is 0 Å². The Balaban J connectivity index is 2.47. The number of carbonyl (C=O) groups excluding carboxylic acids is 2. The molecule has 0 saturated carbocycles. The monoisotopic (exact) mass is 313 g/mol. The van der Waals surface area contributed by atoms with Crippen molar-refractivity contribution < 1.29 is 9.59 Å². The number of alkyl halides is 1. The van der Waals surface area contributed by atoms with Crippen LogP contribution < -0.4 is 5.32 Å². The van der Waals surface area contributed by atoms with Gasteiger partial charge in [-0.3, -0.25) is 9.59 Å². The summed E-state index contributed by atoms with van der Waals surface area (Å²) in [6, 6.07) is 6.68. The van der Waals surface area contributed by atoms with Gasteiger partial charge in [0.25, 0.3) is 0 Å². The van der Waals surface area contributed by atoms with Gasteiger partial charge in [0.1, 0.15) is 10.7 Å². The quantitative estimate of drug-likeness (QED) is 0.872. The first-order valence-electron chi connectivity index (χ1n) is 5.05. The van der Waals surface area contributed by atoms with Gasteiger partial charge in [-0.15, -0.1) is 0 Å². The molecule has 1 aromatic rings. The second-order valence-corrected chi connectivity index (χ2v) is 4.68. The Hall–Kier alpha value is -1.13. The van der Waals surface area contributed by atoms with E-state index in [2.05, 4.69) is 21.2 Å². The molecule has 0 saturated heterocycles. The average molecular weight is 315 g/mol. The lowest BCUT2D eigenvalue weighted by molar-refractivity contribution is 0.0975. The van der Waals surface area contributed by atoms with Crippen molar-refractivity contribution in [1.29, 1.82) is 0 Å². The number of fused-ring (bicyclic) bond motifs is 1. The first kappa shape index (κ1) is 12.3. The first-order chi connectivity index (χ1) is 8.16. The maximum atomic E-state index is 12.1. The van der Waals surface area contributed by atoms with E-state index in [-0.39, 0.29) is 22.3 Å². The van der Waals surface area contributed by atoms with Gasteiger partial charge in [-0.25, -0.2) is 0 Å². The zero-order chi connectivity index (χ0) is 12.4. The van der Waals surface area contributed by atoms with Crippen LogP contribution in [0.3, 0.4) is 0 Å². The lowest BCUT2D eigenvalue weighted by atomic mass is 9.92. The Morgan fingerprint density at radius 3 is 2.29 bits per heavy atom. The number of Topliss-reactive ketones (excluding diaryl/α,β-unsaturated/α-hetero) is 2. The summed E-state index contributed by atoms with van der Waals surface area (Å²) in [5, 5.41) is 3.51. The van der Waals surface area contributed by atoms with Gasteiger partial charge in [-0.1, -0.05) is 51.8 Å². The minimum absolute atomic E-state index is 0.0327. The topological polar surface area (TPSA) is 46.2 Å². The maximum Gasteiger partial charge on any atom is 0.211 e. The van der Waals surface area contributed by atoms with E-state index in [9.17, 15) is 9.59 Å². The number of rotatable bonds is 3. The number of allylic oxidation sites excluding steroid dienone is 2. The molecule has 0 amide bonds. The lowest BCUT2D eigenvalue weighted by Gasteiger charge is -2.18. The third-order valence-electron chi connectivity index (χ3n) is 2.46. The van der Waals surface area contributed by atoms with E-state index in [1.54, 1.807) is 24.3 Å². The zero-order valence-corrected chi connectivity index (χ0v) is 11.1. The average Bonchev–Trinajstić information content (AvgIpc) is 2.36. The molecule has 1 aromatic carbocycles. The van der Waals surface area contributed by atoms with Crippen LogP contribution in [0.5, 0.6) is 0 Å². The fourth-order valence-corrected chi connectivity index (χ4v) is 2.13. The second kappa shape index (κ2) is 5.02. The Morgan fingerprint density at radius 1 is 1.12 bits per heavy atom. The van der Waals surface area contributed by atoms with Crippen LogP contribution in [0.25, 0.3) is 0 Å². The smallest absolute Gasteiger partial charge is 0.211 e. The number of ketones is 2. The Labute approximate surface area is 112 Å². The summed E-state index contributed by atoms with van der Waals surface area (Å²) in [6.45, 7) is 0.534. The van der Waals surface area contributed by atoms with Crippen LogP contribution in [-0.2, 0) is 0 Å². The summed E-state index contributed by atoms with van der Waals surface area (Å²) < 4.78 is 0. The molecular formula is C12H9BrClNO2. The molecule has 1 N–H and O–H groups in total. The fourth-order valence-electron chi connectivity index (χ4n) is 1.68. The highest BCUT2D eigenvalue weighted by Gasteiger charge is 2.30. The number of nitrogens with one attached hydrogen (secondary N) is 1. The van der Waals surface area contributed by atoms with Gasteiger partial charge in [0.2, 0.25) is 11.6 Å². The molecule has 0 aromatic heterocycles. The molecule has 1 aliphatic rings. The minimum atomic E-state index is -0.307. The summed E-state index contributed by atoms with van der Waals surface area (Å²) in [6.07, 6.45) is 0. The van der Waals surface area contributed by atoms with E-state index in [1.165, 1.54) is 0 Å². The Morgan fingerprint density at radius 2 is 1.71 bits per heavy atom. The number of hydrogen-bond donors (Lipinski definition) is 1. The molecule has 2 rings (SSSR count). The summed E-state index contributed by atoms with van der Waals surface area (Å²) in [4.78, 5) is 24.0. The van der Waals surface area contributed by atoms with Gasteiger partial charge in [0.15, 0.2) is 0 Å². The largest absolute Gasteiger partial charge is 0.380 e. The number of carbonyl (C=O) groups is 2. The van der Waals surface area contributed by atoms with Crippen molar-refractivity contribution >= 4 is 39.1 Å². The van der Waals surface area contributed by atoms with Crippen molar-refractivity contribution in [2.45, 2.75) is 0 Å². The highest BCUT2D eigenvalue weighted by Crippen LogP contribution is 2.26. The van der Waals surface area contributed by atoms with Gasteiger partial charge in [-0.2, -0.15) is 0 Å². The summed E-state index contributed by atoms with van der Waals surface area (Å²) in [5.41, 5.74) is 0.959. The van der Waals surface area contributed by atoms with Crippen molar-refractivity contribution in [2.24, 2.45) is 0 Å². The standard InChI is InChI=1S/C12H9BrClNO2/c13-5-6-15-10-9(14)11(16)7-3-1-2-4-8(7)12(10)17/h1-4,15H,5-6H2. The second-order valence-electron chi connectivity index (χ2n) is 3.51. The van der Waals surface area contributed by atoms with Crippen molar-refractivity contribution in [3.8, 4) is 0 Å². The molecular weight excluding hydrogens is 305 g/mol. The van der Waals surface area contributed by atoms with E-state index >= 15 is 0 Å². The molecule has 5 heteroatoms. The number of benzene rings is 1. The number of halogens is 2. The summed E-state index contributed by atoms with van der Waals surface area (Å²) in [5.74, 6) is -0.537. The van der Waals surface area contributed by atoms with Crippen LogP contribution >= 0.6 is 27.5 Å². The maximum absolute atomic E-state index is 12.1. The Bertz CT molecular complexity index is 525. The van der Waals surface area contributed by atoms with Crippen LogP contribution in [-0.4, -0.2) is 23.4 Å². The van der Waals surface area contributed by atoms with Crippen LogP contribution in [0, 0.1) is 0 Å². The molecule has 0 bridgehead atoms. The van der Waals surface area contributed by atoms with E-state index < -0.39 is 0 Å². The molecule has 3 nitrogen and oxygen atoms in total. The van der Waals surface area contributed by atoms with Gasteiger partial charge in [-0.05, 0) is 0 Å². The molecule has 0 spiro atoms. The molecule has 17 heavy (non-hydrogen) atoms. The molecule has 0 fully saturated rings. The van der Waals surface area contributed by atoms with Crippen molar-refractivity contribution in [3.63, 3.8) is 0 Å². The lowest BCUT2D eigenvalue weighted by Crippen LogP contribution is -2.30. The van der Waals surface area contributed by atoms with Gasteiger partial charge < -0.3 is 5.32 Å². The SMILES string of the molecule is O=C1C(Cl)=C(NCCBr)C(=O)c2ccccc21. The fraction of sp³-hybridized carbons (Fsp3) is 0.167. The zero-order valence-electron chi connectivity index (χ0n) is 8.80. The highest BCUT2D eigenvalue weighted by atomic mass is 79.9. The molecule has 88 valence electrons. The van der Waals surface area contributed by atoms with Crippen molar-refractivity contribution in [2.75, 3.05) is 11.9 Å². The third-order valence-corrected chi connectivity index (χ3v) is 3.22. The minimum Gasteiger partial charge on any atom is -0.380 e. The Kier molecular flexibility index (Phi) is 3.64. The highest BCUT2D eigenvalue weighted by molar-refractivity contribution is 9.09. The van der Waals surface area contributed by atoms with E-state index in [4.69, 9.17) is 11.6 Å². The van der Waals surface area contributed by atoms with E-state index in [1.807, 2.05) is 0 Å². The predicted molar refractivity (Wildman–Crippen MR) is 69.8 cm³/mol. The van der Waals surface area contributed by atoms with Gasteiger partial charge in [0.05, 0.1) is 0 Å². The van der Waals surface area contributed by atoms with Crippen LogP contribution in [0.4, 0.5) is 0 Å². The van der Waals surface area contributed by atoms with Crippen LogP contribution in [0.1, 0.15) is 20.7 Å². The molecule has 0 atom stereocenters. The number of hydrogen-bond acceptors (Lipinski definition) is 3. The predicted octanol–water partition coefficient (Wildman–Crippen LogP) is 2.50. The van der Waals surface area contributed by atoms with Crippen LogP contribution in [0.15, 0.2) is 35.0 Å². The summed E-state index contributed by atoms with van der Waals surface area (Å²) >= 11 is 9.16. The van der Waals surface area contributed by atoms with Gasteiger partial charge in [0, 0.05) is 23.0 Å².